The zero-order chi connectivity index (χ0) is 19.9. The molecule has 4 nitrogen and oxygen atoms in total. The molecule has 3 aromatic carbocycles. The minimum absolute atomic E-state index is 0.0426. The Hall–Kier alpha value is -3.66. The summed E-state index contributed by atoms with van der Waals surface area (Å²) in [4.78, 5) is 16.8. The SMILES string of the molecule is O=C(NCc1ccc(Cn2ccnc2)cc1)c1ccccc1Cc1ccccc1. The average molecular weight is 381 g/mol. The van der Waals surface area contributed by atoms with Gasteiger partial charge < -0.3 is 9.88 Å². The molecule has 4 aromatic rings. The van der Waals surface area contributed by atoms with Crippen LogP contribution < -0.4 is 5.32 Å². The van der Waals surface area contributed by atoms with Gasteiger partial charge in [0.1, 0.15) is 0 Å². The van der Waals surface area contributed by atoms with Gasteiger partial charge in [0.15, 0.2) is 0 Å². The number of benzene rings is 3. The van der Waals surface area contributed by atoms with Crippen molar-refractivity contribution in [2.24, 2.45) is 0 Å². The van der Waals surface area contributed by atoms with Crippen molar-refractivity contribution in [3.63, 3.8) is 0 Å². The lowest BCUT2D eigenvalue weighted by atomic mass is 9.99. The summed E-state index contributed by atoms with van der Waals surface area (Å²) < 4.78 is 2.03. The molecule has 0 radical (unpaired) electrons. The van der Waals surface area contributed by atoms with Gasteiger partial charge in [0.25, 0.3) is 5.91 Å². The smallest absolute Gasteiger partial charge is 0.251 e. The van der Waals surface area contributed by atoms with Gasteiger partial charge in [0.05, 0.1) is 6.33 Å². The number of hydrogen-bond acceptors (Lipinski definition) is 2. The highest BCUT2D eigenvalue weighted by atomic mass is 16.1. The van der Waals surface area contributed by atoms with E-state index in [9.17, 15) is 4.79 Å². The Kier molecular flexibility index (Phi) is 5.81. The first-order valence-corrected chi connectivity index (χ1v) is 9.71. The minimum Gasteiger partial charge on any atom is -0.348 e. The van der Waals surface area contributed by atoms with Crippen LogP contribution in [-0.2, 0) is 19.5 Å². The molecule has 4 rings (SSSR count). The van der Waals surface area contributed by atoms with Crippen molar-refractivity contribution in [3.8, 4) is 0 Å². The van der Waals surface area contributed by atoms with E-state index >= 15 is 0 Å². The number of nitrogens with zero attached hydrogens (tertiary/aromatic N) is 2. The summed E-state index contributed by atoms with van der Waals surface area (Å²) in [6.07, 6.45) is 6.27. The van der Waals surface area contributed by atoms with Gasteiger partial charge >= 0.3 is 0 Å². The Balaban J connectivity index is 1.38. The fourth-order valence-electron chi connectivity index (χ4n) is 3.34. The molecular formula is C25H23N3O. The standard InChI is InChI=1S/C25H23N3O/c29-25(24-9-5-4-8-23(24)16-20-6-2-1-3-7-20)27-17-21-10-12-22(13-11-21)18-28-15-14-26-19-28/h1-15,19H,16-18H2,(H,27,29). The molecule has 0 unspecified atom stereocenters. The second-order valence-electron chi connectivity index (χ2n) is 7.05. The lowest BCUT2D eigenvalue weighted by Crippen LogP contribution is -2.24. The van der Waals surface area contributed by atoms with Crippen LogP contribution in [0.1, 0.15) is 32.6 Å². The van der Waals surface area contributed by atoms with E-state index in [0.717, 1.165) is 29.7 Å². The molecule has 0 spiro atoms. The predicted octanol–water partition coefficient (Wildman–Crippen LogP) is 4.45. The van der Waals surface area contributed by atoms with Crippen LogP contribution >= 0.6 is 0 Å². The van der Waals surface area contributed by atoms with Gasteiger partial charge in [0, 0.05) is 31.0 Å². The first-order chi connectivity index (χ1) is 14.3. The third-order valence-corrected chi connectivity index (χ3v) is 4.90. The monoisotopic (exact) mass is 381 g/mol. The van der Waals surface area contributed by atoms with Crippen molar-refractivity contribution < 1.29 is 4.79 Å². The lowest BCUT2D eigenvalue weighted by Gasteiger charge is -2.11. The number of rotatable bonds is 7. The van der Waals surface area contributed by atoms with Crippen molar-refractivity contribution in [1.82, 2.24) is 14.9 Å². The first-order valence-electron chi connectivity index (χ1n) is 9.71. The fourth-order valence-corrected chi connectivity index (χ4v) is 3.34. The number of nitrogens with one attached hydrogen (secondary N) is 1. The van der Waals surface area contributed by atoms with Crippen LogP contribution in [0.15, 0.2) is 97.6 Å². The quantitative estimate of drug-likeness (QED) is 0.514. The van der Waals surface area contributed by atoms with Crippen LogP contribution in [0.2, 0.25) is 0 Å². The van der Waals surface area contributed by atoms with E-state index in [1.807, 2.05) is 53.2 Å². The largest absolute Gasteiger partial charge is 0.348 e. The van der Waals surface area contributed by atoms with Crippen LogP contribution in [0.5, 0.6) is 0 Å². The van der Waals surface area contributed by atoms with Crippen molar-refractivity contribution >= 4 is 5.91 Å². The van der Waals surface area contributed by atoms with Crippen molar-refractivity contribution in [3.05, 3.63) is 125 Å². The summed E-state index contributed by atoms with van der Waals surface area (Å²) in [6.45, 7) is 1.30. The maximum Gasteiger partial charge on any atom is 0.251 e. The summed E-state index contributed by atoms with van der Waals surface area (Å²) in [7, 11) is 0. The van der Waals surface area contributed by atoms with Crippen molar-refractivity contribution in [2.75, 3.05) is 0 Å². The molecule has 0 atom stereocenters. The molecule has 1 amide bonds. The molecule has 1 N–H and O–H groups in total. The predicted molar refractivity (Wildman–Crippen MR) is 115 cm³/mol. The van der Waals surface area contributed by atoms with E-state index in [4.69, 9.17) is 0 Å². The fraction of sp³-hybridized carbons (Fsp3) is 0.120. The highest BCUT2D eigenvalue weighted by molar-refractivity contribution is 5.95. The Labute approximate surface area is 170 Å². The van der Waals surface area contributed by atoms with E-state index in [2.05, 4.69) is 46.7 Å². The Bertz CT molecular complexity index is 1050. The lowest BCUT2D eigenvalue weighted by molar-refractivity contribution is 0.0950. The van der Waals surface area contributed by atoms with E-state index in [1.54, 1.807) is 12.5 Å². The number of aromatic nitrogens is 2. The molecule has 144 valence electrons. The molecule has 1 heterocycles. The number of amides is 1. The molecule has 0 aliphatic rings. The number of carbonyl (C=O) groups is 1. The van der Waals surface area contributed by atoms with Gasteiger partial charge in [-0.2, -0.15) is 0 Å². The second-order valence-corrected chi connectivity index (χ2v) is 7.05. The summed E-state index contributed by atoms with van der Waals surface area (Å²) in [5.41, 5.74) is 5.24. The third kappa shape index (κ3) is 4.99. The Morgan fingerprint density at radius 3 is 2.31 bits per heavy atom. The van der Waals surface area contributed by atoms with Gasteiger partial charge in [0.2, 0.25) is 0 Å². The molecule has 1 aromatic heterocycles. The van der Waals surface area contributed by atoms with Gasteiger partial charge in [-0.15, -0.1) is 0 Å². The van der Waals surface area contributed by atoms with Crippen LogP contribution in [0.4, 0.5) is 0 Å². The van der Waals surface area contributed by atoms with E-state index in [1.165, 1.54) is 11.1 Å². The number of imidazole rings is 1. The number of carbonyl (C=O) groups excluding carboxylic acids is 1. The molecule has 0 bridgehead atoms. The highest BCUT2D eigenvalue weighted by Crippen LogP contribution is 2.15. The Morgan fingerprint density at radius 1 is 0.828 bits per heavy atom. The van der Waals surface area contributed by atoms with Crippen molar-refractivity contribution in [2.45, 2.75) is 19.5 Å². The van der Waals surface area contributed by atoms with E-state index in [0.29, 0.717) is 6.54 Å². The van der Waals surface area contributed by atoms with Crippen molar-refractivity contribution in [1.29, 1.82) is 0 Å². The topological polar surface area (TPSA) is 46.9 Å². The minimum atomic E-state index is -0.0426. The van der Waals surface area contributed by atoms with Gasteiger partial charge in [-0.1, -0.05) is 72.8 Å². The molecule has 4 heteroatoms. The van der Waals surface area contributed by atoms with Crippen LogP contribution in [0.3, 0.4) is 0 Å². The molecule has 29 heavy (non-hydrogen) atoms. The van der Waals surface area contributed by atoms with E-state index in [-0.39, 0.29) is 5.91 Å². The first kappa shape index (κ1) is 18.7. The molecular weight excluding hydrogens is 358 g/mol. The average Bonchev–Trinajstić information content (AvgIpc) is 3.27. The molecule has 0 fully saturated rings. The third-order valence-electron chi connectivity index (χ3n) is 4.90. The summed E-state index contributed by atoms with van der Waals surface area (Å²) >= 11 is 0. The summed E-state index contributed by atoms with van der Waals surface area (Å²) in [5, 5.41) is 3.05. The zero-order valence-electron chi connectivity index (χ0n) is 16.2. The summed E-state index contributed by atoms with van der Waals surface area (Å²) in [5.74, 6) is -0.0426. The van der Waals surface area contributed by atoms with Crippen LogP contribution in [0.25, 0.3) is 0 Å². The highest BCUT2D eigenvalue weighted by Gasteiger charge is 2.11. The number of hydrogen-bond donors (Lipinski definition) is 1. The maximum atomic E-state index is 12.8. The second kappa shape index (κ2) is 9.02. The van der Waals surface area contributed by atoms with Gasteiger partial charge in [-0.25, -0.2) is 4.98 Å². The summed E-state index contributed by atoms with van der Waals surface area (Å²) in [6, 6.07) is 26.3. The molecule has 0 aliphatic heterocycles. The normalized spacial score (nSPS) is 10.6. The Morgan fingerprint density at radius 2 is 1.55 bits per heavy atom. The van der Waals surface area contributed by atoms with Gasteiger partial charge in [-0.05, 0) is 34.7 Å². The zero-order valence-corrected chi connectivity index (χ0v) is 16.2. The van der Waals surface area contributed by atoms with E-state index < -0.39 is 0 Å². The van der Waals surface area contributed by atoms with Crippen LogP contribution in [-0.4, -0.2) is 15.5 Å². The maximum absolute atomic E-state index is 12.8. The van der Waals surface area contributed by atoms with Gasteiger partial charge in [-0.3, -0.25) is 4.79 Å². The molecule has 0 saturated carbocycles. The molecule has 0 aliphatic carbocycles. The molecule has 0 saturated heterocycles. The van der Waals surface area contributed by atoms with Crippen LogP contribution in [0, 0.1) is 0 Å².